The first-order chi connectivity index (χ1) is 16.2. The van der Waals surface area contributed by atoms with Gasteiger partial charge in [-0.2, -0.15) is 0 Å². The van der Waals surface area contributed by atoms with Crippen molar-refractivity contribution in [3.63, 3.8) is 0 Å². The maximum Gasteiger partial charge on any atom is 3.00 e. The van der Waals surface area contributed by atoms with Crippen molar-refractivity contribution in [2.24, 2.45) is 0 Å². The molecule has 0 spiro atoms. The van der Waals surface area contributed by atoms with Gasteiger partial charge in [0.15, 0.2) is 0 Å². The molecule has 0 saturated carbocycles. The predicted octanol–water partition coefficient (Wildman–Crippen LogP) is 9.29. The fraction of sp³-hybridized carbons (Fsp3) is 0. The van der Waals surface area contributed by atoms with Crippen LogP contribution in [0.1, 0.15) is 0 Å². The second kappa shape index (κ2) is 27.0. The van der Waals surface area contributed by atoms with Gasteiger partial charge < -0.3 is 0 Å². The number of hydrogen-bond acceptors (Lipinski definition) is 3. The first-order valence-corrected chi connectivity index (χ1v) is 11.7. The molecular formula is C30H30Ru2S3+6. The molecule has 0 heterocycles. The summed E-state index contributed by atoms with van der Waals surface area (Å²) in [5.74, 6) is 0. The molecule has 5 aromatic carbocycles. The molecule has 0 fully saturated rings. The van der Waals surface area contributed by atoms with Crippen LogP contribution >= 0.6 is 37.9 Å². The Morgan fingerprint density at radius 1 is 0.229 bits per heavy atom. The van der Waals surface area contributed by atoms with Gasteiger partial charge in [-0.1, -0.05) is 127 Å². The van der Waals surface area contributed by atoms with Crippen molar-refractivity contribution < 1.29 is 39.0 Å². The minimum absolute atomic E-state index is 0. The molecule has 0 aliphatic rings. The van der Waals surface area contributed by atoms with Crippen molar-refractivity contribution in [2.45, 2.75) is 14.7 Å². The average Bonchev–Trinajstić information content (AvgIpc) is 2.89. The standard InChI is InChI=1S/3C6H6S.2C6H6.2Ru/c3*7-6-4-2-1-3-5-6;2*1-2-4-6-5-3-1;;/h3*1-5,7H;2*1-6H;;/q;;;;;2*+3. The summed E-state index contributed by atoms with van der Waals surface area (Å²) in [5.41, 5.74) is 0. The predicted molar refractivity (Wildman–Crippen MR) is 154 cm³/mol. The van der Waals surface area contributed by atoms with Gasteiger partial charge in [0.2, 0.25) is 0 Å². The Morgan fingerprint density at radius 3 is 0.429 bits per heavy atom. The van der Waals surface area contributed by atoms with E-state index >= 15 is 0 Å². The molecule has 2 radical (unpaired) electrons. The van der Waals surface area contributed by atoms with Crippen molar-refractivity contribution in [1.29, 1.82) is 0 Å². The number of thiol groups is 3. The maximum atomic E-state index is 4.08. The molecule has 5 heteroatoms. The van der Waals surface area contributed by atoms with Crippen LogP contribution in [0, 0.1) is 0 Å². The van der Waals surface area contributed by atoms with E-state index in [2.05, 4.69) is 37.9 Å². The monoisotopic (exact) mass is 690 g/mol. The normalized spacial score (nSPS) is 7.97. The van der Waals surface area contributed by atoms with Gasteiger partial charge in [-0.05, 0) is 36.4 Å². The molecule has 0 saturated heterocycles. The molecule has 0 bridgehead atoms. The van der Waals surface area contributed by atoms with E-state index in [1.54, 1.807) is 0 Å². The molecule has 5 rings (SSSR count). The van der Waals surface area contributed by atoms with Gasteiger partial charge in [-0.25, -0.2) is 0 Å². The minimum atomic E-state index is 0. The summed E-state index contributed by atoms with van der Waals surface area (Å²) in [7, 11) is 0. The van der Waals surface area contributed by atoms with E-state index in [-0.39, 0.29) is 39.0 Å². The summed E-state index contributed by atoms with van der Waals surface area (Å²) >= 11 is 12.3. The van der Waals surface area contributed by atoms with E-state index in [9.17, 15) is 0 Å². The largest absolute Gasteiger partial charge is 3.00 e. The van der Waals surface area contributed by atoms with Gasteiger partial charge >= 0.3 is 39.0 Å². The zero-order valence-corrected chi connectivity index (χ0v) is 25.3. The van der Waals surface area contributed by atoms with Crippen molar-refractivity contribution in [2.75, 3.05) is 0 Å². The average molecular weight is 689 g/mol. The number of benzene rings is 5. The van der Waals surface area contributed by atoms with Crippen molar-refractivity contribution in [1.82, 2.24) is 0 Å². The molecule has 178 valence electrons. The third-order valence-electron chi connectivity index (χ3n) is 3.60. The number of hydrogen-bond donors (Lipinski definition) is 3. The Hall–Kier alpha value is -1.60. The fourth-order valence-corrected chi connectivity index (χ4v) is 2.57. The fourth-order valence-electron chi connectivity index (χ4n) is 2.05. The first kappa shape index (κ1) is 35.6. The summed E-state index contributed by atoms with van der Waals surface area (Å²) in [6.07, 6.45) is 0. The Labute approximate surface area is 253 Å². The van der Waals surface area contributed by atoms with Crippen LogP contribution in [-0.4, -0.2) is 0 Å². The van der Waals surface area contributed by atoms with Crippen LogP contribution in [0.4, 0.5) is 0 Å². The van der Waals surface area contributed by atoms with Crippen LogP contribution in [0.5, 0.6) is 0 Å². The van der Waals surface area contributed by atoms with E-state index in [4.69, 9.17) is 0 Å². The van der Waals surface area contributed by atoms with Gasteiger partial charge in [0.25, 0.3) is 0 Å². The van der Waals surface area contributed by atoms with E-state index < -0.39 is 0 Å². The summed E-state index contributed by atoms with van der Waals surface area (Å²) in [6.45, 7) is 0. The maximum absolute atomic E-state index is 4.08. The van der Waals surface area contributed by atoms with Crippen molar-refractivity contribution >= 4 is 37.9 Å². The zero-order valence-electron chi connectivity index (χ0n) is 19.1. The molecule has 0 N–H and O–H groups in total. The first-order valence-electron chi connectivity index (χ1n) is 10.4. The Bertz CT molecular complexity index is 845. The Kier molecular flexibility index (Phi) is 27.4. The van der Waals surface area contributed by atoms with Crippen LogP contribution < -0.4 is 0 Å². The SMILES string of the molecule is Sc1ccccc1.Sc1ccccc1.Sc1ccccc1.[Ru+3].[Ru+3].c1ccccc1.c1ccccc1. The summed E-state index contributed by atoms with van der Waals surface area (Å²) < 4.78 is 0. The van der Waals surface area contributed by atoms with E-state index in [0.29, 0.717) is 0 Å². The molecule has 0 amide bonds. The van der Waals surface area contributed by atoms with Crippen LogP contribution in [0.15, 0.2) is 178 Å². The Morgan fingerprint density at radius 2 is 0.343 bits per heavy atom. The van der Waals surface area contributed by atoms with Gasteiger partial charge in [0, 0.05) is 14.7 Å². The molecule has 5 aromatic rings. The van der Waals surface area contributed by atoms with Gasteiger partial charge in [0.05, 0.1) is 0 Å². The third-order valence-corrected chi connectivity index (χ3v) is 4.50. The van der Waals surface area contributed by atoms with Crippen molar-refractivity contribution in [3.05, 3.63) is 164 Å². The molecule has 0 nitrogen and oxygen atoms in total. The van der Waals surface area contributed by atoms with E-state index in [0.717, 1.165) is 14.7 Å². The third kappa shape index (κ3) is 25.3. The summed E-state index contributed by atoms with van der Waals surface area (Å²) in [6, 6.07) is 53.4. The van der Waals surface area contributed by atoms with Gasteiger partial charge in [-0.3, -0.25) is 0 Å². The van der Waals surface area contributed by atoms with E-state index in [1.807, 2.05) is 164 Å². The van der Waals surface area contributed by atoms with Gasteiger partial charge in [-0.15, -0.1) is 37.9 Å². The van der Waals surface area contributed by atoms with Crippen LogP contribution in [0.2, 0.25) is 0 Å². The van der Waals surface area contributed by atoms with E-state index in [1.165, 1.54) is 0 Å². The van der Waals surface area contributed by atoms with Gasteiger partial charge in [0.1, 0.15) is 0 Å². The molecule has 0 aliphatic carbocycles. The zero-order chi connectivity index (χ0) is 23.8. The number of rotatable bonds is 0. The second-order valence-corrected chi connectivity index (χ2v) is 7.87. The molecule has 0 unspecified atom stereocenters. The molecule has 35 heavy (non-hydrogen) atoms. The van der Waals surface area contributed by atoms with Crippen LogP contribution in [0.3, 0.4) is 0 Å². The molecule has 0 aliphatic heterocycles. The van der Waals surface area contributed by atoms with Crippen LogP contribution in [0.25, 0.3) is 0 Å². The molecule has 0 atom stereocenters. The summed E-state index contributed by atoms with van der Waals surface area (Å²) in [5, 5.41) is 0. The molecular weight excluding hydrogens is 659 g/mol. The minimum Gasteiger partial charge on any atom is -0.143 e. The van der Waals surface area contributed by atoms with Crippen molar-refractivity contribution in [3.8, 4) is 0 Å². The van der Waals surface area contributed by atoms with Crippen LogP contribution in [-0.2, 0) is 39.0 Å². The smallest absolute Gasteiger partial charge is 0.143 e. The quantitative estimate of drug-likeness (QED) is 0.105. The molecule has 0 aromatic heterocycles. The summed E-state index contributed by atoms with van der Waals surface area (Å²) in [4.78, 5) is 3.05. The second-order valence-electron chi connectivity index (χ2n) is 6.32. The Balaban J connectivity index is 0. The topological polar surface area (TPSA) is 0 Å².